The Hall–Kier alpha value is -2.53. The number of anilines is 1. The van der Waals surface area contributed by atoms with Gasteiger partial charge in [-0.1, -0.05) is 28.1 Å². The van der Waals surface area contributed by atoms with Crippen LogP contribution in [0, 0.1) is 0 Å². The van der Waals surface area contributed by atoms with Gasteiger partial charge in [0.2, 0.25) is 5.16 Å². The average Bonchev–Trinajstić information content (AvgIpc) is 3.02. The summed E-state index contributed by atoms with van der Waals surface area (Å²) in [5, 5.41) is 14.5. The lowest BCUT2D eigenvalue weighted by atomic mass is 10.2. The third-order valence-electron chi connectivity index (χ3n) is 3.32. The lowest BCUT2D eigenvalue weighted by Crippen LogP contribution is -2.15. The van der Waals surface area contributed by atoms with E-state index in [1.807, 2.05) is 0 Å². The maximum absolute atomic E-state index is 12.6. The van der Waals surface area contributed by atoms with Gasteiger partial charge < -0.3 is 10.1 Å². The minimum atomic E-state index is -3.03. The molecule has 1 N–H and O–H groups in total. The van der Waals surface area contributed by atoms with Crippen LogP contribution in [0.15, 0.2) is 57.0 Å². The number of tetrazole rings is 1. The van der Waals surface area contributed by atoms with Crippen molar-refractivity contribution in [2.24, 2.45) is 7.05 Å². The first-order chi connectivity index (χ1) is 12.9. The molecule has 0 radical (unpaired) electrons. The molecule has 0 bridgehead atoms. The predicted octanol–water partition coefficient (Wildman–Crippen LogP) is 3.98. The van der Waals surface area contributed by atoms with Crippen molar-refractivity contribution in [3.8, 4) is 5.75 Å². The van der Waals surface area contributed by atoms with Crippen LogP contribution in [0.25, 0.3) is 0 Å². The van der Waals surface area contributed by atoms with Crippen LogP contribution in [0.2, 0.25) is 0 Å². The summed E-state index contributed by atoms with van der Waals surface area (Å²) >= 11 is 4.60. The van der Waals surface area contributed by atoms with Crippen LogP contribution < -0.4 is 10.1 Å². The highest BCUT2D eigenvalue weighted by Crippen LogP contribution is 2.34. The van der Waals surface area contributed by atoms with Crippen molar-refractivity contribution in [1.82, 2.24) is 20.2 Å². The van der Waals surface area contributed by atoms with Gasteiger partial charge in [-0.15, -0.1) is 5.10 Å². The summed E-state index contributed by atoms with van der Waals surface area (Å²) in [7, 11) is 1.69. The van der Waals surface area contributed by atoms with Crippen LogP contribution in [0.4, 0.5) is 14.5 Å². The van der Waals surface area contributed by atoms with Crippen LogP contribution in [0.5, 0.6) is 5.75 Å². The molecule has 1 heterocycles. The van der Waals surface area contributed by atoms with Crippen LogP contribution in [0.3, 0.4) is 0 Å². The maximum Gasteiger partial charge on any atom is 0.387 e. The molecule has 0 unspecified atom stereocenters. The molecule has 0 fully saturated rings. The van der Waals surface area contributed by atoms with E-state index < -0.39 is 12.5 Å². The van der Waals surface area contributed by atoms with E-state index in [0.29, 0.717) is 15.7 Å². The molecule has 2 aromatic carbocycles. The van der Waals surface area contributed by atoms with Crippen molar-refractivity contribution in [3.63, 3.8) is 0 Å². The zero-order valence-corrected chi connectivity index (χ0v) is 16.2. The van der Waals surface area contributed by atoms with Gasteiger partial charge in [0.15, 0.2) is 0 Å². The largest absolute Gasteiger partial charge is 0.434 e. The highest BCUT2D eigenvalue weighted by molar-refractivity contribution is 9.10. The number of carbonyl (C=O) groups is 1. The molecular formula is C16H12BrF2N5O2S. The Labute approximate surface area is 165 Å². The van der Waals surface area contributed by atoms with E-state index in [2.05, 4.69) is 41.5 Å². The van der Waals surface area contributed by atoms with Gasteiger partial charge in [0.05, 0.1) is 11.3 Å². The van der Waals surface area contributed by atoms with E-state index in [0.717, 1.165) is 4.47 Å². The number of aryl methyl sites for hydroxylation is 1. The van der Waals surface area contributed by atoms with Crippen molar-refractivity contribution in [2.45, 2.75) is 16.7 Å². The summed E-state index contributed by atoms with van der Waals surface area (Å²) in [6.45, 7) is -3.03. The molecule has 0 saturated carbocycles. The molecule has 3 rings (SSSR count). The van der Waals surface area contributed by atoms with Gasteiger partial charge >= 0.3 is 6.61 Å². The monoisotopic (exact) mass is 455 g/mol. The standard InChI is InChI=1S/C16H12BrF2N5O2S/c1-24-16(21-22-23-24)27-13-7-6-9(17)8-11(13)20-14(25)10-4-2-3-5-12(10)26-15(18)19/h2-8,15H,1H3,(H,20,25). The molecule has 0 aliphatic heterocycles. The quantitative estimate of drug-likeness (QED) is 0.605. The third kappa shape index (κ3) is 4.80. The number of halogens is 3. The number of para-hydroxylation sites is 1. The Bertz CT molecular complexity index is 969. The number of benzene rings is 2. The molecule has 1 amide bonds. The van der Waals surface area contributed by atoms with Crippen molar-refractivity contribution < 1.29 is 18.3 Å². The average molecular weight is 456 g/mol. The van der Waals surface area contributed by atoms with E-state index in [4.69, 9.17) is 0 Å². The van der Waals surface area contributed by atoms with E-state index in [-0.39, 0.29) is 11.3 Å². The summed E-state index contributed by atoms with van der Waals surface area (Å²) in [6.07, 6.45) is 0. The summed E-state index contributed by atoms with van der Waals surface area (Å²) < 4.78 is 31.8. The first-order valence-electron chi connectivity index (χ1n) is 7.49. The lowest BCUT2D eigenvalue weighted by Gasteiger charge is -2.13. The zero-order valence-electron chi connectivity index (χ0n) is 13.8. The summed E-state index contributed by atoms with van der Waals surface area (Å²) in [5.74, 6) is -0.783. The predicted molar refractivity (Wildman–Crippen MR) is 98.1 cm³/mol. The zero-order chi connectivity index (χ0) is 19.4. The molecule has 3 aromatic rings. The maximum atomic E-state index is 12.6. The molecule has 0 aliphatic rings. The minimum absolute atomic E-state index is 0.00551. The summed E-state index contributed by atoms with van der Waals surface area (Å²) in [4.78, 5) is 13.3. The molecule has 27 heavy (non-hydrogen) atoms. The van der Waals surface area contributed by atoms with Gasteiger partial charge in [-0.25, -0.2) is 4.68 Å². The Balaban J connectivity index is 1.88. The number of nitrogens with one attached hydrogen (secondary N) is 1. The van der Waals surface area contributed by atoms with Gasteiger partial charge in [0.1, 0.15) is 5.75 Å². The van der Waals surface area contributed by atoms with E-state index in [1.54, 1.807) is 31.3 Å². The van der Waals surface area contributed by atoms with Gasteiger partial charge in [0.25, 0.3) is 5.91 Å². The van der Waals surface area contributed by atoms with Crippen LogP contribution in [-0.4, -0.2) is 32.7 Å². The number of carbonyl (C=O) groups excluding carboxylic acids is 1. The lowest BCUT2D eigenvalue weighted by molar-refractivity contribution is -0.0501. The topological polar surface area (TPSA) is 81.9 Å². The number of ether oxygens (including phenoxy) is 1. The van der Waals surface area contributed by atoms with Gasteiger partial charge in [-0.3, -0.25) is 4.79 Å². The van der Waals surface area contributed by atoms with E-state index in [1.165, 1.54) is 34.6 Å². The van der Waals surface area contributed by atoms with Crippen molar-refractivity contribution >= 4 is 39.3 Å². The number of nitrogens with zero attached hydrogens (tertiary/aromatic N) is 4. The smallest absolute Gasteiger partial charge is 0.387 e. The molecule has 7 nitrogen and oxygen atoms in total. The highest BCUT2D eigenvalue weighted by Gasteiger charge is 2.18. The Morgan fingerprint density at radius 1 is 1.30 bits per heavy atom. The van der Waals surface area contributed by atoms with Crippen LogP contribution >= 0.6 is 27.7 Å². The first-order valence-corrected chi connectivity index (χ1v) is 9.10. The molecule has 140 valence electrons. The second kappa shape index (κ2) is 8.44. The number of rotatable bonds is 6. The molecular weight excluding hydrogens is 444 g/mol. The van der Waals surface area contributed by atoms with Crippen molar-refractivity contribution in [2.75, 3.05) is 5.32 Å². The number of aromatic nitrogens is 4. The number of hydrogen-bond donors (Lipinski definition) is 1. The van der Waals surface area contributed by atoms with Crippen LogP contribution in [0.1, 0.15) is 10.4 Å². The Kier molecular flexibility index (Phi) is 6.01. The second-order valence-corrected chi connectivity index (χ2v) is 7.08. The Morgan fingerprint density at radius 2 is 2.07 bits per heavy atom. The molecule has 1 aromatic heterocycles. The van der Waals surface area contributed by atoms with E-state index >= 15 is 0 Å². The fourth-order valence-electron chi connectivity index (χ4n) is 2.14. The third-order valence-corrected chi connectivity index (χ3v) is 4.92. The number of amides is 1. The normalized spacial score (nSPS) is 10.9. The summed E-state index contributed by atoms with van der Waals surface area (Å²) in [6, 6.07) is 11.1. The van der Waals surface area contributed by atoms with Crippen molar-refractivity contribution in [3.05, 3.63) is 52.5 Å². The number of alkyl halides is 2. The van der Waals surface area contributed by atoms with Gasteiger partial charge in [0, 0.05) is 16.4 Å². The first kappa shape index (κ1) is 19.2. The summed E-state index contributed by atoms with van der Waals surface area (Å²) in [5.41, 5.74) is 0.461. The van der Waals surface area contributed by atoms with Gasteiger partial charge in [-0.05, 0) is 52.5 Å². The fraction of sp³-hybridized carbons (Fsp3) is 0.125. The number of hydrogen-bond acceptors (Lipinski definition) is 6. The highest BCUT2D eigenvalue weighted by atomic mass is 79.9. The molecule has 0 aliphatic carbocycles. The van der Waals surface area contributed by atoms with Gasteiger partial charge in [-0.2, -0.15) is 8.78 Å². The molecule has 0 spiro atoms. The van der Waals surface area contributed by atoms with E-state index in [9.17, 15) is 13.6 Å². The Morgan fingerprint density at radius 3 is 2.78 bits per heavy atom. The molecule has 11 heteroatoms. The SMILES string of the molecule is Cn1nnnc1Sc1ccc(Br)cc1NC(=O)c1ccccc1OC(F)F. The fourth-order valence-corrected chi connectivity index (χ4v) is 3.30. The minimum Gasteiger partial charge on any atom is -0.434 e. The molecule has 0 saturated heterocycles. The second-order valence-electron chi connectivity index (χ2n) is 5.16. The van der Waals surface area contributed by atoms with Crippen LogP contribution in [-0.2, 0) is 7.05 Å². The molecule has 0 atom stereocenters. The van der Waals surface area contributed by atoms with Crippen molar-refractivity contribution in [1.29, 1.82) is 0 Å².